The molecule has 0 bridgehead atoms. The zero-order chi connectivity index (χ0) is 22.4. The molecule has 0 saturated heterocycles. The lowest BCUT2D eigenvalue weighted by atomic mass is 9.97. The molecule has 162 valence electrons. The Morgan fingerprint density at radius 3 is 2.33 bits per heavy atom. The molecule has 0 aliphatic heterocycles. The second-order valence-electron chi connectivity index (χ2n) is 7.93. The summed E-state index contributed by atoms with van der Waals surface area (Å²) in [5.74, 6) is -1.10. The van der Waals surface area contributed by atoms with Crippen LogP contribution in [0.25, 0.3) is 17.2 Å². The fourth-order valence-electron chi connectivity index (χ4n) is 3.44. The largest absolute Gasteiger partial charge is 0.469 e. The van der Waals surface area contributed by atoms with Crippen LogP contribution >= 0.6 is 0 Å². The van der Waals surface area contributed by atoms with Crippen LogP contribution in [0.15, 0.2) is 36.5 Å². The predicted molar refractivity (Wildman–Crippen MR) is 116 cm³/mol. The van der Waals surface area contributed by atoms with Crippen molar-refractivity contribution in [2.45, 2.75) is 58.6 Å². The van der Waals surface area contributed by atoms with Crippen LogP contribution in [0.4, 0.5) is 4.39 Å². The highest BCUT2D eigenvalue weighted by Crippen LogP contribution is 2.35. The van der Waals surface area contributed by atoms with E-state index in [4.69, 9.17) is 0 Å². The van der Waals surface area contributed by atoms with E-state index in [-0.39, 0.29) is 36.4 Å². The van der Waals surface area contributed by atoms with Gasteiger partial charge in [0.05, 0.1) is 13.2 Å². The van der Waals surface area contributed by atoms with Gasteiger partial charge < -0.3 is 14.4 Å². The van der Waals surface area contributed by atoms with Crippen LogP contribution in [0, 0.1) is 5.82 Å². The Hall–Kier alpha value is -2.73. The van der Waals surface area contributed by atoms with Crippen molar-refractivity contribution in [1.82, 2.24) is 4.57 Å². The number of ketones is 1. The predicted octanol–water partition coefficient (Wildman–Crippen LogP) is 4.89. The van der Waals surface area contributed by atoms with Gasteiger partial charge in [0.2, 0.25) is 0 Å². The lowest BCUT2D eigenvalue weighted by molar-refractivity contribution is -0.143. The first-order valence-corrected chi connectivity index (χ1v) is 10.1. The van der Waals surface area contributed by atoms with Gasteiger partial charge in [-0.05, 0) is 37.5 Å². The third kappa shape index (κ3) is 5.89. The molecule has 0 aliphatic carbocycles. The van der Waals surface area contributed by atoms with Gasteiger partial charge in [-0.25, -0.2) is 4.39 Å². The van der Waals surface area contributed by atoms with Crippen molar-refractivity contribution in [3.63, 3.8) is 0 Å². The number of methoxy groups -OCH3 is 1. The smallest absolute Gasteiger partial charge is 0.313 e. The molecule has 1 atom stereocenters. The summed E-state index contributed by atoms with van der Waals surface area (Å²) in [6.45, 7) is 8.37. The summed E-state index contributed by atoms with van der Waals surface area (Å²) in [6, 6.07) is 6.52. The van der Waals surface area contributed by atoms with Crippen molar-refractivity contribution in [2.75, 3.05) is 7.11 Å². The Morgan fingerprint density at radius 1 is 1.17 bits per heavy atom. The van der Waals surface area contributed by atoms with Crippen LogP contribution in [-0.4, -0.2) is 34.6 Å². The van der Waals surface area contributed by atoms with E-state index in [2.05, 4.69) is 37.0 Å². The number of halogens is 1. The number of rotatable bonds is 9. The number of hydrogen-bond acceptors (Lipinski definition) is 4. The number of aromatic nitrogens is 1. The molecule has 1 aromatic heterocycles. The number of aliphatic hydroxyl groups is 1. The minimum absolute atomic E-state index is 0.167. The molecule has 1 heterocycles. The fourth-order valence-corrected chi connectivity index (χ4v) is 3.44. The lowest BCUT2D eigenvalue weighted by Gasteiger charge is -2.16. The minimum Gasteiger partial charge on any atom is -0.469 e. The molecule has 0 aliphatic rings. The second-order valence-corrected chi connectivity index (χ2v) is 7.93. The second kappa shape index (κ2) is 10.3. The van der Waals surface area contributed by atoms with Crippen LogP contribution in [0.3, 0.4) is 0 Å². The summed E-state index contributed by atoms with van der Waals surface area (Å²) >= 11 is 0. The molecule has 30 heavy (non-hydrogen) atoms. The molecule has 0 spiro atoms. The van der Waals surface area contributed by atoms with Gasteiger partial charge in [-0.2, -0.15) is 0 Å². The van der Waals surface area contributed by atoms with E-state index in [1.165, 1.54) is 19.2 Å². The summed E-state index contributed by atoms with van der Waals surface area (Å²) in [5.41, 5.74) is 3.81. The molecule has 1 N–H and O–H groups in total. The maximum atomic E-state index is 13.4. The average molecular weight is 416 g/mol. The molecule has 1 aromatic carbocycles. The first kappa shape index (κ1) is 23.5. The zero-order valence-corrected chi connectivity index (χ0v) is 18.2. The normalized spacial score (nSPS) is 12.7. The van der Waals surface area contributed by atoms with E-state index in [1.807, 2.05) is 12.3 Å². The quantitative estimate of drug-likeness (QED) is 0.467. The fraction of sp³-hybridized carbons (Fsp3) is 0.417. The van der Waals surface area contributed by atoms with Gasteiger partial charge in [-0.3, -0.25) is 9.59 Å². The van der Waals surface area contributed by atoms with Crippen molar-refractivity contribution in [2.24, 2.45) is 0 Å². The van der Waals surface area contributed by atoms with Crippen molar-refractivity contribution in [3.8, 4) is 11.1 Å². The molecule has 6 heteroatoms. The van der Waals surface area contributed by atoms with Crippen LogP contribution < -0.4 is 0 Å². The van der Waals surface area contributed by atoms with Crippen molar-refractivity contribution in [3.05, 3.63) is 53.6 Å². The number of ether oxygens (including phenoxy) is 1. The number of hydrogen-bond donors (Lipinski definition) is 1. The van der Waals surface area contributed by atoms with E-state index >= 15 is 0 Å². The number of aliphatic hydroxyl groups excluding tert-OH is 1. The number of esters is 1. The van der Waals surface area contributed by atoms with E-state index in [0.29, 0.717) is 0 Å². The minimum atomic E-state index is -1.02. The molecular weight excluding hydrogens is 385 g/mol. The summed E-state index contributed by atoms with van der Waals surface area (Å²) in [4.78, 5) is 23.1. The molecule has 0 radical (unpaired) electrons. The van der Waals surface area contributed by atoms with Gasteiger partial charge in [0.25, 0.3) is 0 Å². The molecule has 5 nitrogen and oxygen atoms in total. The average Bonchev–Trinajstić information content (AvgIpc) is 3.06. The van der Waals surface area contributed by atoms with E-state index in [9.17, 15) is 19.1 Å². The molecule has 0 amide bonds. The highest BCUT2D eigenvalue weighted by molar-refractivity contribution is 5.95. The van der Waals surface area contributed by atoms with Gasteiger partial charge in [0.1, 0.15) is 18.0 Å². The molecular formula is C24H30FNO4. The topological polar surface area (TPSA) is 68.5 Å². The van der Waals surface area contributed by atoms with Gasteiger partial charge >= 0.3 is 5.97 Å². The molecule has 1 unspecified atom stereocenters. The number of carbonyl (C=O) groups is 2. The Balaban J connectivity index is 2.41. The van der Waals surface area contributed by atoms with E-state index < -0.39 is 12.1 Å². The van der Waals surface area contributed by atoms with Crippen molar-refractivity contribution >= 4 is 17.8 Å². The Morgan fingerprint density at radius 2 is 1.80 bits per heavy atom. The van der Waals surface area contributed by atoms with E-state index in [1.54, 1.807) is 18.2 Å². The van der Waals surface area contributed by atoms with Crippen LogP contribution in [0.1, 0.15) is 63.8 Å². The number of benzene rings is 1. The van der Waals surface area contributed by atoms with Gasteiger partial charge in [-0.15, -0.1) is 0 Å². The Bertz CT molecular complexity index is 910. The van der Waals surface area contributed by atoms with Gasteiger partial charge in [-0.1, -0.05) is 38.1 Å². The van der Waals surface area contributed by atoms with Crippen molar-refractivity contribution < 1.29 is 23.8 Å². The molecule has 2 aromatic rings. The third-order valence-electron chi connectivity index (χ3n) is 4.86. The maximum Gasteiger partial charge on any atom is 0.313 e. The summed E-state index contributed by atoms with van der Waals surface area (Å²) in [7, 11) is 1.22. The molecule has 2 rings (SSSR count). The monoisotopic (exact) mass is 415 g/mol. The number of nitrogens with zero attached hydrogens (tertiary/aromatic N) is 1. The van der Waals surface area contributed by atoms with Gasteiger partial charge in [0, 0.05) is 35.5 Å². The highest BCUT2D eigenvalue weighted by atomic mass is 19.1. The summed E-state index contributed by atoms with van der Waals surface area (Å²) < 4.78 is 20.1. The van der Waals surface area contributed by atoms with Gasteiger partial charge in [0.15, 0.2) is 0 Å². The van der Waals surface area contributed by atoms with E-state index in [0.717, 1.165) is 22.4 Å². The van der Waals surface area contributed by atoms with Crippen molar-refractivity contribution in [1.29, 1.82) is 0 Å². The first-order chi connectivity index (χ1) is 14.1. The molecule has 0 saturated carbocycles. The standard InChI is InChI=1S/C24H30FNO4/c1-15(2)24-21(11-10-19(27)12-20(28)13-23(29)30-5)22(14-26(24)16(3)4)17-6-8-18(25)9-7-17/h6-11,14-16,19,27H,12-13H2,1-5H3/b11-10+. The lowest BCUT2D eigenvalue weighted by Crippen LogP contribution is -2.15. The van der Waals surface area contributed by atoms with Crippen LogP contribution in [0.2, 0.25) is 0 Å². The molecule has 0 fully saturated rings. The highest BCUT2D eigenvalue weighted by Gasteiger charge is 2.20. The SMILES string of the molecule is COC(=O)CC(=O)CC(O)/C=C/c1c(-c2ccc(F)cc2)cn(C(C)C)c1C(C)C. The maximum absolute atomic E-state index is 13.4. The third-order valence-corrected chi connectivity index (χ3v) is 4.86. The summed E-state index contributed by atoms with van der Waals surface area (Å²) in [5, 5.41) is 10.3. The van der Waals surface area contributed by atoms with Crippen LogP contribution in [-0.2, 0) is 14.3 Å². The Kier molecular flexibility index (Phi) is 8.12. The Labute approximate surface area is 177 Å². The summed E-state index contributed by atoms with van der Waals surface area (Å²) in [6.07, 6.45) is 3.87. The zero-order valence-electron chi connectivity index (χ0n) is 18.2. The first-order valence-electron chi connectivity index (χ1n) is 10.1. The number of Topliss-reactive ketones (excluding diaryl/α,β-unsaturated/α-hetero) is 1. The number of carbonyl (C=O) groups excluding carboxylic acids is 2. The van der Waals surface area contributed by atoms with Crippen LogP contribution in [0.5, 0.6) is 0 Å².